The molecule has 3 heterocycles. The maximum absolute atomic E-state index is 14.1. The summed E-state index contributed by atoms with van der Waals surface area (Å²) in [4.78, 5) is 91.9. The lowest BCUT2D eigenvalue weighted by Crippen LogP contribution is -2.70. The summed E-state index contributed by atoms with van der Waals surface area (Å²) in [6, 6.07) is -1.64. The average molecular weight is 885 g/mol. The molecular weight excluding hydrogens is 809 g/mol. The number of piperazine rings is 1. The zero-order chi connectivity index (χ0) is 44.9. The summed E-state index contributed by atoms with van der Waals surface area (Å²) in [6.45, 7) is 10.6. The topological polar surface area (TPSA) is 177 Å². The van der Waals surface area contributed by atoms with E-state index in [1.54, 1.807) is 4.90 Å². The molecule has 6 amide bonds. The highest BCUT2D eigenvalue weighted by molar-refractivity contribution is 6.08. The molecule has 3 aliphatic carbocycles. The van der Waals surface area contributed by atoms with Gasteiger partial charge in [0.05, 0.1) is 25.7 Å². The Kier molecular flexibility index (Phi) is 18.2. The van der Waals surface area contributed by atoms with Crippen molar-refractivity contribution in [3.8, 4) is 0 Å². The lowest BCUT2D eigenvalue weighted by Gasteiger charge is -2.48. The number of likely N-dealkylation sites (tertiary alicyclic amines) is 2. The second kappa shape index (κ2) is 23.7. The molecule has 3 saturated carbocycles. The van der Waals surface area contributed by atoms with E-state index in [0.29, 0.717) is 44.4 Å². The van der Waals surface area contributed by atoms with Crippen LogP contribution in [0.3, 0.4) is 0 Å². The standard InChI is InChI=1S/C47H76N6O10/c1-32(2)40(33(3)4)63-47(59)51-25-23-50(24-26-51)46(58)53-39(42(55)60-29-34-15-8-5-9-16-34)38(41(53)54)27-37-21-14-22-52(28-37)43(48-44(56)61-30-35-17-10-6-11-18-35)49-45(57)62-31-36-19-12-7-13-20-36/h32-40H,5-31H2,1-4H3,(H,48,49,56,57)/t37?,38-,39?/m1/s1. The van der Waals surface area contributed by atoms with Crippen molar-refractivity contribution in [2.75, 3.05) is 59.1 Å². The fourth-order valence-electron chi connectivity index (χ4n) is 10.7. The van der Waals surface area contributed by atoms with Gasteiger partial charge in [0, 0.05) is 39.3 Å². The summed E-state index contributed by atoms with van der Waals surface area (Å²) in [5.41, 5.74) is 0. The lowest BCUT2D eigenvalue weighted by atomic mass is 9.78. The van der Waals surface area contributed by atoms with E-state index in [1.807, 2.05) is 32.6 Å². The first-order chi connectivity index (χ1) is 30.4. The summed E-state index contributed by atoms with van der Waals surface area (Å²) in [6.07, 6.45) is 15.8. The Morgan fingerprint density at radius 3 is 1.68 bits per heavy atom. The summed E-state index contributed by atoms with van der Waals surface area (Å²) in [7, 11) is 0. The lowest BCUT2D eigenvalue weighted by molar-refractivity contribution is -0.172. The van der Waals surface area contributed by atoms with Gasteiger partial charge in [-0.05, 0) is 93.3 Å². The molecule has 6 fully saturated rings. The number of aliphatic imine (C=N–C) groups is 1. The van der Waals surface area contributed by atoms with Crippen LogP contribution in [0, 0.1) is 41.4 Å². The molecule has 16 heteroatoms. The first kappa shape index (κ1) is 48.3. The molecule has 16 nitrogen and oxygen atoms in total. The number of rotatable bonds is 12. The van der Waals surface area contributed by atoms with Crippen LogP contribution in [-0.2, 0) is 28.5 Å². The molecule has 0 aromatic carbocycles. The number of piperidine rings is 1. The molecule has 2 unspecified atom stereocenters. The first-order valence-corrected chi connectivity index (χ1v) is 24.6. The quantitative estimate of drug-likeness (QED) is 0.0661. The van der Waals surface area contributed by atoms with E-state index in [-0.39, 0.29) is 75.1 Å². The predicted octanol–water partition coefficient (Wildman–Crippen LogP) is 7.97. The fraction of sp³-hybridized carbons (Fsp3) is 0.851. The molecule has 63 heavy (non-hydrogen) atoms. The van der Waals surface area contributed by atoms with Gasteiger partial charge in [-0.2, -0.15) is 0 Å². The van der Waals surface area contributed by atoms with Crippen LogP contribution >= 0.6 is 0 Å². The van der Waals surface area contributed by atoms with Gasteiger partial charge in [0.1, 0.15) is 6.10 Å². The van der Waals surface area contributed by atoms with E-state index in [4.69, 9.17) is 18.9 Å². The number of nitrogens with one attached hydrogen (secondary N) is 1. The van der Waals surface area contributed by atoms with Crippen molar-refractivity contribution in [1.29, 1.82) is 0 Å². The number of alkyl carbamates (subject to hydrolysis) is 1. The number of carbonyl (C=O) groups excluding carboxylic acids is 6. The third kappa shape index (κ3) is 13.7. The number of carbonyl (C=O) groups is 6. The van der Waals surface area contributed by atoms with Crippen molar-refractivity contribution in [3.05, 3.63) is 0 Å². The van der Waals surface area contributed by atoms with Crippen LogP contribution in [0.4, 0.5) is 19.2 Å². The van der Waals surface area contributed by atoms with Crippen molar-refractivity contribution in [1.82, 2.24) is 24.9 Å². The summed E-state index contributed by atoms with van der Waals surface area (Å²) in [5.74, 6) is -0.715. The summed E-state index contributed by atoms with van der Waals surface area (Å²) in [5, 5.41) is 2.75. The zero-order valence-electron chi connectivity index (χ0n) is 38.6. The highest BCUT2D eigenvalue weighted by Crippen LogP contribution is 2.37. The molecule has 3 aliphatic heterocycles. The Morgan fingerprint density at radius 1 is 0.619 bits per heavy atom. The normalized spacial score (nSPS) is 24.7. The van der Waals surface area contributed by atoms with E-state index in [0.717, 1.165) is 94.8 Å². The van der Waals surface area contributed by atoms with Gasteiger partial charge in [0.2, 0.25) is 11.9 Å². The third-order valence-electron chi connectivity index (χ3n) is 14.4. The van der Waals surface area contributed by atoms with Crippen LogP contribution in [-0.4, -0.2) is 133 Å². The number of hydrogen-bond donors (Lipinski definition) is 1. The molecule has 3 atom stereocenters. The van der Waals surface area contributed by atoms with Gasteiger partial charge in [0.15, 0.2) is 6.04 Å². The second-order valence-electron chi connectivity index (χ2n) is 19.9. The van der Waals surface area contributed by atoms with Crippen LogP contribution in [0.2, 0.25) is 0 Å². The van der Waals surface area contributed by atoms with Crippen LogP contribution in [0.25, 0.3) is 0 Å². The fourth-order valence-corrected chi connectivity index (χ4v) is 10.7. The number of amides is 6. The number of urea groups is 1. The van der Waals surface area contributed by atoms with Gasteiger partial charge in [-0.15, -0.1) is 4.99 Å². The van der Waals surface area contributed by atoms with E-state index < -0.39 is 48.1 Å². The minimum absolute atomic E-state index is 0.0501. The van der Waals surface area contributed by atoms with Crippen molar-refractivity contribution in [2.45, 2.75) is 155 Å². The number of guanidine groups is 1. The van der Waals surface area contributed by atoms with Gasteiger partial charge < -0.3 is 33.6 Å². The third-order valence-corrected chi connectivity index (χ3v) is 14.4. The van der Waals surface area contributed by atoms with Crippen LogP contribution in [0.5, 0.6) is 0 Å². The van der Waals surface area contributed by atoms with Crippen LogP contribution in [0.1, 0.15) is 143 Å². The van der Waals surface area contributed by atoms with Crippen molar-refractivity contribution in [2.24, 2.45) is 46.4 Å². The first-order valence-electron chi connectivity index (χ1n) is 24.6. The molecule has 0 aromatic rings. The molecule has 3 saturated heterocycles. The summed E-state index contributed by atoms with van der Waals surface area (Å²) < 4.78 is 23.0. The van der Waals surface area contributed by atoms with Crippen LogP contribution < -0.4 is 5.32 Å². The van der Waals surface area contributed by atoms with Gasteiger partial charge in [-0.3, -0.25) is 10.1 Å². The van der Waals surface area contributed by atoms with Crippen LogP contribution in [0.15, 0.2) is 4.99 Å². The Labute approximate surface area is 374 Å². The number of hydrogen-bond acceptors (Lipinski definition) is 10. The van der Waals surface area contributed by atoms with Crippen molar-refractivity contribution in [3.63, 3.8) is 0 Å². The molecule has 0 bridgehead atoms. The Hall–Kier alpha value is -4.11. The van der Waals surface area contributed by atoms with E-state index in [2.05, 4.69) is 10.3 Å². The van der Waals surface area contributed by atoms with Gasteiger partial charge >= 0.3 is 30.3 Å². The average Bonchev–Trinajstić information content (AvgIpc) is 3.30. The van der Waals surface area contributed by atoms with E-state index in [9.17, 15) is 28.8 Å². The number of esters is 1. The molecule has 6 aliphatic rings. The smallest absolute Gasteiger partial charge is 0.436 e. The maximum atomic E-state index is 14.1. The van der Waals surface area contributed by atoms with Gasteiger partial charge in [-0.1, -0.05) is 85.5 Å². The maximum Gasteiger partial charge on any atom is 0.436 e. The molecule has 1 N–H and O–H groups in total. The monoisotopic (exact) mass is 885 g/mol. The Bertz CT molecular complexity index is 1570. The minimum atomic E-state index is -1.08. The second-order valence-corrected chi connectivity index (χ2v) is 19.9. The van der Waals surface area contributed by atoms with Gasteiger partial charge in [0.25, 0.3) is 0 Å². The number of β-lactam (4-membered cyclic amide) rings is 1. The molecule has 354 valence electrons. The van der Waals surface area contributed by atoms with E-state index in [1.165, 1.54) is 17.7 Å². The predicted molar refractivity (Wildman–Crippen MR) is 235 cm³/mol. The van der Waals surface area contributed by atoms with Crippen molar-refractivity contribution >= 4 is 42.1 Å². The zero-order valence-corrected chi connectivity index (χ0v) is 38.6. The molecule has 6 rings (SSSR count). The number of ether oxygens (including phenoxy) is 4. The van der Waals surface area contributed by atoms with Gasteiger partial charge in [-0.25, -0.2) is 28.9 Å². The summed E-state index contributed by atoms with van der Waals surface area (Å²) >= 11 is 0. The minimum Gasteiger partial charge on any atom is -0.464 e. The molecule has 0 radical (unpaired) electrons. The van der Waals surface area contributed by atoms with Crippen molar-refractivity contribution < 1.29 is 47.7 Å². The SMILES string of the molecule is CC(C)C(OC(=O)N1CCN(C(=O)N2C(=O)[C@H](CC3CCCN(/C(=N\C(=O)OCC4CCCCC4)NC(=O)OCC4CCCCC4)C3)C2C(=O)OCC2CCCCC2)CC1)C(C)C. The van der Waals surface area contributed by atoms with E-state index >= 15 is 0 Å². The molecule has 0 aromatic heterocycles. The molecular formula is C47H76N6O10. The largest absolute Gasteiger partial charge is 0.464 e. The highest BCUT2D eigenvalue weighted by Gasteiger charge is 2.57. The number of nitrogens with zero attached hydrogens (tertiary/aromatic N) is 5. The Morgan fingerprint density at radius 2 is 1.13 bits per heavy atom. The molecule has 0 spiro atoms. The highest BCUT2D eigenvalue weighted by atomic mass is 16.6. The number of imide groups is 1. The Balaban J connectivity index is 1.11.